The highest BCUT2D eigenvalue weighted by molar-refractivity contribution is 6.88. The van der Waals surface area contributed by atoms with Crippen LogP contribution in [0.3, 0.4) is 0 Å². The molecule has 0 spiro atoms. The Balaban J connectivity index is 3.15. The van der Waals surface area contributed by atoms with Crippen LogP contribution in [0, 0.1) is 0 Å². The van der Waals surface area contributed by atoms with Crippen molar-refractivity contribution < 1.29 is 25.6 Å². The number of hydrogen-bond donors (Lipinski definition) is 0. The summed E-state index contributed by atoms with van der Waals surface area (Å²) in [6.07, 6.45) is 2.78. The molecule has 1 heterocycles. The Kier molecular flexibility index (Phi) is 9.85. The van der Waals surface area contributed by atoms with E-state index in [1.54, 1.807) is 0 Å². The number of rotatable bonds is 12. The predicted octanol–water partition coefficient (Wildman–Crippen LogP) is 4.21. The molecule has 9 heteroatoms. The van der Waals surface area contributed by atoms with Gasteiger partial charge in [-0.2, -0.15) is 0 Å². The normalized spacial score (nSPS) is 33.8. The fourth-order valence-corrected chi connectivity index (χ4v) is 16.8. The Hall–Kier alpha value is 0.411. The van der Waals surface area contributed by atoms with Gasteiger partial charge in [-0.25, -0.2) is 0 Å². The second-order valence-corrected chi connectivity index (χ2v) is 15.5. The van der Waals surface area contributed by atoms with E-state index >= 15 is 0 Å². The summed E-state index contributed by atoms with van der Waals surface area (Å²) < 4.78 is 37.8. The molecule has 1 saturated heterocycles. The van der Waals surface area contributed by atoms with Crippen LogP contribution in [-0.2, 0) is 25.6 Å². The lowest BCUT2D eigenvalue weighted by molar-refractivity contribution is 0.0135. The molecule has 0 radical (unpaired) electrons. The third-order valence-electron chi connectivity index (χ3n) is 3.81. The van der Waals surface area contributed by atoms with Gasteiger partial charge in [-0.3, -0.25) is 0 Å². The zero-order valence-corrected chi connectivity index (χ0v) is 19.3. The van der Waals surface area contributed by atoms with E-state index in [1.807, 2.05) is 0 Å². The second kappa shape index (κ2) is 10.5. The van der Waals surface area contributed by atoms with E-state index in [2.05, 4.69) is 41.5 Å². The molecule has 1 aliphatic rings. The Morgan fingerprint density at radius 1 is 0.500 bits per heavy atom. The Bertz CT molecular complexity index is 300. The third kappa shape index (κ3) is 5.71. The van der Waals surface area contributed by atoms with Gasteiger partial charge in [-0.15, -0.1) is 0 Å². The van der Waals surface area contributed by atoms with Crippen molar-refractivity contribution in [1.29, 1.82) is 0 Å². The van der Waals surface area contributed by atoms with Crippen LogP contribution >= 0.6 is 0 Å². The fourth-order valence-electron chi connectivity index (χ4n) is 2.46. The molecule has 0 aromatic rings. The Morgan fingerprint density at radius 3 is 0.917 bits per heavy atom. The van der Waals surface area contributed by atoms with E-state index in [1.165, 1.54) is 0 Å². The molecule has 0 saturated carbocycles. The van der Waals surface area contributed by atoms with Gasteiger partial charge in [0.1, 0.15) is 0 Å². The van der Waals surface area contributed by atoms with Crippen LogP contribution in [-0.4, -0.2) is 46.2 Å². The predicted molar refractivity (Wildman–Crippen MR) is 101 cm³/mol. The lowest BCUT2D eigenvalue weighted by Crippen LogP contribution is -2.73. The maximum Gasteiger partial charge on any atom is 0.485 e. The molecule has 6 nitrogen and oxygen atoms in total. The highest BCUT2D eigenvalue weighted by atomic mass is 28.5. The maximum atomic E-state index is 6.44. The molecule has 144 valence electrons. The standard InChI is InChI=1S/C15H36O6Si3/c1-7-13-16-22(10-4)19-23(11-5,17-14-8-2)21-24(12-6,20-22)18-15-9-3/h7-15H2,1-6H3. The minimum Gasteiger partial charge on any atom is -0.374 e. The van der Waals surface area contributed by atoms with Gasteiger partial charge in [-0.1, -0.05) is 41.5 Å². The molecule has 0 aromatic heterocycles. The fraction of sp³-hybridized carbons (Fsp3) is 1.00. The summed E-state index contributed by atoms with van der Waals surface area (Å²) in [6, 6.07) is 2.14. The SMILES string of the molecule is CCCO[Si]1(CC)O[Si](CC)(OCCC)O[Si](CC)(OCCC)O1. The summed E-state index contributed by atoms with van der Waals surface area (Å²) in [5.74, 6) is 0. The van der Waals surface area contributed by atoms with Gasteiger partial charge >= 0.3 is 26.4 Å². The van der Waals surface area contributed by atoms with Gasteiger partial charge < -0.3 is 25.6 Å². The van der Waals surface area contributed by atoms with Gasteiger partial charge in [-0.05, 0) is 19.3 Å². The Morgan fingerprint density at radius 2 is 0.750 bits per heavy atom. The minimum absolute atomic E-state index is 0.629. The topological polar surface area (TPSA) is 55.4 Å². The molecule has 0 amide bonds. The molecule has 0 bridgehead atoms. The second-order valence-electron chi connectivity index (χ2n) is 5.96. The van der Waals surface area contributed by atoms with Crippen molar-refractivity contribution in [2.75, 3.05) is 19.8 Å². The van der Waals surface area contributed by atoms with E-state index in [9.17, 15) is 0 Å². The first-order valence-corrected chi connectivity index (χ1v) is 15.3. The van der Waals surface area contributed by atoms with Gasteiger partial charge in [0, 0.05) is 38.0 Å². The average Bonchev–Trinajstić information content (AvgIpc) is 2.63. The van der Waals surface area contributed by atoms with Crippen molar-refractivity contribution in [2.45, 2.75) is 78.9 Å². The van der Waals surface area contributed by atoms with Crippen LogP contribution in [0.1, 0.15) is 60.8 Å². The molecule has 0 unspecified atom stereocenters. The summed E-state index contributed by atoms with van der Waals surface area (Å²) >= 11 is 0. The maximum absolute atomic E-state index is 6.44. The molecule has 1 fully saturated rings. The van der Waals surface area contributed by atoms with E-state index < -0.39 is 26.4 Å². The minimum atomic E-state index is -2.84. The van der Waals surface area contributed by atoms with E-state index in [0.717, 1.165) is 19.3 Å². The molecule has 0 aliphatic carbocycles. The van der Waals surface area contributed by atoms with Gasteiger partial charge in [0.15, 0.2) is 0 Å². The highest BCUT2D eigenvalue weighted by Gasteiger charge is 2.66. The largest absolute Gasteiger partial charge is 0.485 e. The van der Waals surface area contributed by atoms with Crippen molar-refractivity contribution in [2.24, 2.45) is 0 Å². The van der Waals surface area contributed by atoms with Gasteiger partial charge in [0.05, 0.1) is 0 Å². The molecular formula is C15H36O6Si3. The van der Waals surface area contributed by atoms with Crippen molar-refractivity contribution in [3.8, 4) is 0 Å². The molecule has 1 rings (SSSR count). The molecule has 0 aromatic carbocycles. The zero-order chi connectivity index (χ0) is 18.1. The van der Waals surface area contributed by atoms with Gasteiger partial charge in [0.2, 0.25) is 0 Å². The molecule has 1 aliphatic heterocycles. The van der Waals surface area contributed by atoms with Crippen LogP contribution in [0.25, 0.3) is 0 Å². The van der Waals surface area contributed by atoms with Crippen molar-refractivity contribution in [3.63, 3.8) is 0 Å². The first kappa shape index (κ1) is 22.5. The Labute approximate surface area is 151 Å². The van der Waals surface area contributed by atoms with E-state index in [0.29, 0.717) is 38.0 Å². The first-order chi connectivity index (χ1) is 11.5. The smallest absolute Gasteiger partial charge is 0.374 e. The molecule has 0 N–H and O–H groups in total. The highest BCUT2D eigenvalue weighted by Crippen LogP contribution is 2.38. The number of hydrogen-bond acceptors (Lipinski definition) is 6. The van der Waals surface area contributed by atoms with E-state index in [4.69, 9.17) is 25.6 Å². The zero-order valence-electron chi connectivity index (χ0n) is 16.3. The third-order valence-corrected chi connectivity index (χ3v) is 15.8. The first-order valence-electron chi connectivity index (χ1n) is 9.51. The van der Waals surface area contributed by atoms with Crippen LogP contribution < -0.4 is 0 Å². The summed E-state index contributed by atoms with van der Waals surface area (Å²) in [5, 5.41) is 0. The summed E-state index contributed by atoms with van der Waals surface area (Å²) in [5.41, 5.74) is 0. The molecule has 0 atom stereocenters. The van der Waals surface area contributed by atoms with Crippen molar-refractivity contribution in [1.82, 2.24) is 0 Å². The average molecular weight is 397 g/mol. The van der Waals surface area contributed by atoms with Crippen LogP contribution in [0.4, 0.5) is 0 Å². The van der Waals surface area contributed by atoms with Crippen LogP contribution in [0.15, 0.2) is 0 Å². The summed E-state index contributed by atoms with van der Waals surface area (Å²) in [6.45, 7) is 14.4. The van der Waals surface area contributed by atoms with Crippen molar-refractivity contribution >= 4 is 26.4 Å². The summed E-state index contributed by atoms with van der Waals surface area (Å²) in [7, 11) is -8.53. The molecule has 24 heavy (non-hydrogen) atoms. The van der Waals surface area contributed by atoms with Crippen LogP contribution in [0.5, 0.6) is 0 Å². The quantitative estimate of drug-likeness (QED) is 0.461. The lowest BCUT2D eigenvalue weighted by Gasteiger charge is -2.49. The van der Waals surface area contributed by atoms with Crippen molar-refractivity contribution in [3.05, 3.63) is 0 Å². The van der Waals surface area contributed by atoms with E-state index in [-0.39, 0.29) is 0 Å². The van der Waals surface area contributed by atoms with Crippen LogP contribution in [0.2, 0.25) is 18.1 Å². The lowest BCUT2D eigenvalue weighted by atomic mass is 10.5. The summed E-state index contributed by atoms with van der Waals surface area (Å²) in [4.78, 5) is 0. The van der Waals surface area contributed by atoms with Gasteiger partial charge in [0.25, 0.3) is 0 Å². The monoisotopic (exact) mass is 396 g/mol. The molecular weight excluding hydrogens is 360 g/mol.